The molecule has 16 heavy (non-hydrogen) atoms. The Kier molecular flexibility index (Phi) is 3.76. The number of H-pyrrole nitrogens is 1. The van der Waals surface area contributed by atoms with Crippen molar-refractivity contribution in [3.63, 3.8) is 0 Å². The Morgan fingerprint density at radius 1 is 1.38 bits per heavy atom. The minimum Gasteiger partial charge on any atom is -0.350 e. The summed E-state index contributed by atoms with van der Waals surface area (Å²) in [7, 11) is 0. The highest BCUT2D eigenvalue weighted by Crippen LogP contribution is 2.14. The Bertz CT molecular complexity index is 441. The second kappa shape index (κ2) is 4.87. The number of hydrogen-bond acceptors (Lipinski definition) is 2. The number of halogens is 2. The molecule has 0 aromatic carbocycles. The summed E-state index contributed by atoms with van der Waals surface area (Å²) in [5.41, 5.74) is -1.47. The maximum absolute atomic E-state index is 12.2. The van der Waals surface area contributed by atoms with Crippen molar-refractivity contribution >= 4 is 5.91 Å². The summed E-state index contributed by atoms with van der Waals surface area (Å²) in [6, 6.07) is 2.00. The summed E-state index contributed by atoms with van der Waals surface area (Å²) in [6.45, 7) is 3.47. The molecule has 1 amide bonds. The molecule has 1 heterocycles. The first-order valence-electron chi connectivity index (χ1n) is 4.74. The van der Waals surface area contributed by atoms with Crippen molar-refractivity contribution in [1.82, 2.24) is 10.3 Å². The Balaban J connectivity index is 3.00. The van der Waals surface area contributed by atoms with E-state index in [9.17, 15) is 18.4 Å². The topological polar surface area (TPSA) is 62.0 Å². The highest BCUT2D eigenvalue weighted by atomic mass is 19.3. The summed E-state index contributed by atoms with van der Waals surface area (Å²) in [5, 5.41) is 2.50. The number of carbonyl (C=O) groups is 1. The maximum atomic E-state index is 12.2. The molecule has 88 valence electrons. The fourth-order valence-corrected chi connectivity index (χ4v) is 1.13. The van der Waals surface area contributed by atoms with Crippen LogP contribution in [0.25, 0.3) is 0 Å². The third-order valence-electron chi connectivity index (χ3n) is 1.83. The van der Waals surface area contributed by atoms with Gasteiger partial charge in [-0.15, -0.1) is 0 Å². The molecule has 0 saturated heterocycles. The van der Waals surface area contributed by atoms with E-state index in [-0.39, 0.29) is 11.6 Å². The van der Waals surface area contributed by atoms with E-state index in [4.69, 9.17) is 0 Å². The molecule has 0 bridgehead atoms. The number of nitrogens with one attached hydrogen (secondary N) is 2. The third kappa shape index (κ3) is 2.88. The van der Waals surface area contributed by atoms with Crippen molar-refractivity contribution in [2.45, 2.75) is 26.3 Å². The maximum Gasteiger partial charge on any atom is 0.278 e. The molecule has 0 aliphatic heterocycles. The summed E-state index contributed by atoms with van der Waals surface area (Å²) >= 11 is 0. The SMILES string of the molecule is CC(C)NC(=O)c1ccc(C(F)F)[nH]c1=O. The fraction of sp³-hybridized carbons (Fsp3) is 0.400. The predicted octanol–water partition coefficient (Wildman–Crippen LogP) is 1.45. The quantitative estimate of drug-likeness (QED) is 0.825. The minimum atomic E-state index is -2.75. The number of carbonyl (C=O) groups excluding carboxylic acids is 1. The second-order valence-electron chi connectivity index (χ2n) is 3.59. The lowest BCUT2D eigenvalue weighted by molar-refractivity contribution is 0.0940. The van der Waals surface area contributed by atoms with E-state index in [2.05, 4.69) is 5.32 Å². The highest BCUT2D eigenvalue weighted by molar-refractivity contribution is 5.93. The Morgan fingerprint density at radius 2 is 2.00 bits per heavy atom. The molecule has 6 heteroatoms. The molecule has 0 radical (unpaired) electrons. The number of pyridine rings is 1. The van der Waals surface area contributed by atoms with E-state index >= 15 is 0 Å². The lowest BCUT2D eigenvalue weighted by atomic mass is 10.2. The fourth-order valence-electron chi connectivity index (χ4n) is 1.13. The number of amides is 1. The van der Waals surface area contributed by atoms with Crippen molar-refractivity contribution < 1.29 is 13.6 Å². The van der Waals surface area contributed by atoms with Crippen LogP contribution in [-0.2, 0) is 0 Å². The highest BCUT2D eigenvalue weighted by Gasteiger charge is 2.14. The van der Waals surface area contributed by atoms with E-state index in [0.29, 0.717) is 0 Å². The Labute approximate surface area is 90.7 Å². The first-order chi connectivity index (χ1) is 7.41. The molecule has 2 N–H and O–H groups in total. The smallest absolute Gasteiger partial charge is 0.278 e. The minimum absolute atomic E-state index is 0.123. The number of rotatable bonds is 3. The first kappa shape index (κ1) is 12.4. The van der Waals surface area contributed by atoms with E-state index < -0.39 is 23.6 Å². The van der Waals surface area contributed by atoms with Gasteiger partial charge in [0, 0.05) is 6.04 Å². The summed E-state index contributed by atoms with van der Waals surface area (Å²) in [5.74, 6) is -0.572. The van der Waals surface area contributed by atoms with Crippen LogP contribution in [0.1, 0.15) is 36.3 Å². The molecule has 0 spiro atoms. The molecule has 1 rings (SSSR count). The predicted molar refractivity (Wildman–Crippen MR) is 54.6 cm³/mol. The van der Waals surface area contributed by atoms with Gasteiger partial charge in [0.25, 0.3) is 17.9 Å². The number of hydrogen-bond donors (Lipinski definition) is 2. The lowest BCUT2D eigenvalue weighted by Gasteiger charge is -2.08. The molecular weight excluding hydrogens is 218 g/mol. The van der Waals surface area contributed by atoms with Gasteiger partial charge in [0.15, 0.2) is 0 Å². The van der Waals surface area contributed by atoms with Gasteiger partial charge in [-0.2, -0.15) is 0 Å². The third-order valence-corrected chi connectivity index (χ3v) is 1.83. The number of aromatic amines is 1. The van der Waals surface area contributed by atoms with E-state index in [1.54, 1.807) is 13.8 Å². The second-order valence-corrected chi connectivity index (χ2v) is 3.59. The van der Waals surface area contributed by atoms with Gasteiger partial charge in [-0.05, 0) is 26.0 Å². The molecule has 0 unspecified atom stereocenters. The van der Waals surface area contributed by atoms with E-state index in [0.717, 1.165) is 12.1 Å². The van der Waals surface area contributed by atoms with Gasteiger partial charge in [0.1, 0.15) is 5.56 Å². The van der Waals surface area contributed by atoms with Crippen LogP contribution in [0.5, 0.6) is 0 Å². The zero-order valence-electron chi connectivity index (χ0n) is 8.88. The summed E-state index contributed by atoms with van der Waals surface area (Å²) in [6.07, 6.45) is -2.75. The van der Waals surface area contributed by atoms with Gasteiger partial charge >= 0.3 is 0 Å². The van der Waals surface area contributed by atoms with Crippen LogP contribution in [0.2, 0.25) is 0 Å². The van der Waals surface area contributed by atoms with Crippen LogP contribution in [0.4, 0.5) is 8.78 Å². The van der Waals surface area contributed by atoms with Crippen molar-refractivity contribution in [1.29, 1.82) is 0 Å². The number of alkyl halides is 2. The van der Waals surface area contributed by atoms with Crippen LogP contribution in [-0.4, -0.2) is 16.9 Å². The molecule has 0 saturated carbocycles. The first-order valence-corrected chi connectivity index (χ1v) is 4.74. The zero-order valence-corrected chi connectivity index (χ0v) is 8.88. The van der Waals surface area contributed by atoms with Gasteiger partial charge in [0.05, 0.1) is 5.69 Å². The van der Waals surface area contributed by atoms with Crippen LogP contribution in [0.3, 0.4) is 0 Å². The van der Waals surface area contributed by atoms with Crippen molar-refractivity contribution in [2.75, 3.05) is 0 Å². The van der Waals surface area contributed by atoms with E-state index in [1.165, 1.54) is 0 Å². The van der Waals surface area contributed by atoms with Gasteiger partial charge < -0.3 is 10.3 Å². The summed E-state index contributed by atoms with van der Waals surface area (Å²) in [4.78, 5) is 24.7. The molecule has 0 aliphatic carbocycles. The van der Waals surface area contributed by atoms with Crippen LogP contribution in [0, 0.1) is 0 Å². The average molecular weight is 230 g/mol. The van der Waals surface area contributed by atoms with Crippen LogP contribution >= 0.6 is 0 Å². The normalized spacial score (nSPS) is 10.9. The Morgan fingerprint density at radius 3 is 2.44 bits per heavy atom. The average Bonchev–Trinajstić information content (AvgIpc) is 2.15. The van der Waals surface area contributed by atoms with Gasteiger partial charge in [0.2, 0.25) is 0 Å². The standard InChI is InChI=1S/C10H12F2N2O2/c1-5(2)13-9(15)6-3-4-7(8(11)12)14-10(6)16/h3-5,8H,1-2H3,(H,13,15)(H,14,16). The Hall–Kier alpha value is -1.72. The van der Waals surface area contributed by atoms with Crippen molar-refractivity contribution in [2.24, 2.45) is 0 Å². The van der Waals surface area contributed by atoms with Crippen LogP contribution < -0.4 is 10.9 Å². The monoisotopic (exact) mass is 230 g/mol. The molecule has 0 fully saturated rings. The van der Waals surface area contributed by atoms with Crippen molar-refractivity contribution in [3.05, 3.63) is 33.7 Å². The molecule has 1 aromatic heterocycles. The largest absolute Gasteiger partial charge is 0.350 e. The zero-order chi connectivity index (χ0) is 12.3. The van der Waals surface area contributed by atoms with Crippen molar-refractivity contribution in [3.8, 4) is 0 Å². The van der Waals surface area contributed by atoms with Crippen LogP contribution in [0.15, 0.2) is 16.9 Å². The molecule has 0 atom stereocenters. The van der Waals surface area contributed by atoms with Gasteiger partial charge in [-0.3, -0.25) is 9.59 Å². The van der Waals surface area contributed by atoms with E-state index in [1.807, 2.05) is 4.98 Å². The molecule has 4 nitrogen and oxygen atoms in total. The molecule has 0 aliphatic rings. The molecule has 1 aromatic rings. The summed E-state index contributed by atoms with van der Waals surface area (Å²) < 4.78 is 24.4. The molecular formula is C10H12F2N2O2. The van der Waals surface area contributed by atoms with Gasteiger partial charge in [-0.1, -0.05) is 0 Å². The van der Waals surface area contributed by atoms with Gasteiger partial charge in [-0.25, -0.2) is 8.78 Å². The lowest BCUT2D eigenvalue weighted by Crippen LogP contribution is -2.34. The number of aromatic nitrogens is 1.